The number of aliphatic hydroxyl groups excluding tert-OH is 1. The van der Waals surface area contributed by atoms with Gasteiger partial charge in [-0.05, 0) is 25.0 Å². The molecule has 0 aliphatic rings. The molecule has 3 nitrogen and oxygen atoms in total. The SMILES string of the molecule is CCC(O)C=C(C)C(=O)OCCc1ccccc1. The van der Waals surface area contributed by atoms with E-state index in [0.29, 0.717) is 25.0 Å². The van der Waals surface area contributed by atoms with Crippen molar-refractivity contribution in [1.29, 1.82) is 0 Å². The van der Waals surface area contributed by atoms with Crippen LogP contribution in [0.4, 0.5) is 0 Å². The van der Waals surface area contributed by atoms with Crippen molar-refractivity contribution in [3.05, 3.63) is 47.5 Å². The van der Waals surface area contributed by atoms with Crippen LogP contribution in [0, 0.1) is 0 Å². The minimum absolute atomic E-state index is 0.357. The van der Waals surface area contributed by atoms with Crippen molar-refractivity contribution in [2.45, 2.75) is 32.8 Å². The van der Waals surface area contributed by atoms with Crippen LogP contribution in [0.15, 0.2) is 42.0 Å². The fraction of sp³-hybridized carbons (Fsp3) is 0.400. The Morgan fingerprint density at radius 3 is 2.67 bits per heavy atom. The van der Waals surface area contributed by atoms with E-state index in [1.165, 1.54) is 6.08 Å². The van der Waals surface area contributed by atoms with E-state index in [4.69, 9.17) is 4.74 Å². The van der Waals surface area contributed by atoms with Crippen LogP contribution in [-0.2, 0) is 16.0 Å². The van der Waals surface area contributed by atoms with Crippen molar-refractivity contribution < 1.29 is 14.6 Å². The molecule has 1 aromatic carbocycles. The Morgan fingerprint density at radius 1 is 1.39 bits per heavy atom. The first-order chi connectivity index (χ1) is 8.63. The summed E-state index contributed by atoms with van der Waals surface area (Å²) in [6.45, 7) is 3.87. The number of esters is 1. The Bertz CT molecular complexity index is 395. The highest BCUT2D eigenvalue weighted by Crippen LogP contribution is 2.04. The molecule has 0 aromatic heterocycles. The van der Waals surface area contributed by atoms with E-state index in [-0.39, 0.29) is 5.97 Å². The van der Waals surface area contributed by atoms with Gasteiger partial charge in [0.15, 0.2) is 0 Å². The molecule has 0 amide bonds. The number of benzene rings is 1. The molecule has 0 heterocycles. The van der Waals surface area contributed by atoms with E-state index < -0.39 is 6.10 Å². The summed E-state index contributed by atoms with van der Waals surface area (Å²) >= 11 is 0. The molecule has 1 aromatic rings. The molecule has 1 atom stereocenters. The van der Waals surface area contributed by atoms with Crippen molar-refractivity contribution in [2.24, 2.45) is 0 Å². The average Bonchev–Trinajstić information content (AvgIpc) is 2.39. The lowest BCUT2D eigenvalue weighted by Crippen LogP contribution is -2.11. The first-order valence-corrected chi connectivity index (χ1v) is 6.21. The number of rotatable bonds is 6. The smallest absolute Gasteiger partial charge is 0.333 e. The number of ether oxygens (including phenoxy) is 1. The number of carbonyl (C=O) groups excluding carboxylic acids is 1. The van der Waals surface area contributed by atoms with Crippen LogP contribution in [0.5, 0.6) is 0 Å². The van der Waals surface area contributed by atoms with Crippen LogP contribution in [0.1, 0.15) is 25.8 Å². The van der Waals surface area contributed by atoms with Gasteiger partial charge >= 0.3 is 5.97 Å². The maximum atomic E-state index is 11.6. The summed E-state index contributed by atoms with van der Waals surface area (Å²) in [5.74, 6) is -0.363. The predicted molar refractivity (Wildman–Crippen MR) is 71.2 cm³/mol. The van der Waals surface area contributed by atoms with Gasteiger partial charge in [0.1, 0.15) is 0 Å². The molecule has 0 bridgehead atoms. The van der Waals surface area contributed by atoms with E-state index in [1.54, 1.807) is 6.92 Å². The Kier molecular flexibility index (Phi) is 6.15. The van der Waals surface area contributed by atoms with Gasteiger partial charge in [-0.1, -0.05) is 37.3 Å². The van der Waals surface area contributed by atoms with Crippen molar-refractivity contribution in [1.82, 2.24) is 0 Å². The molecule has 0 saturated carbocycles. The molecular formula is C15H20O3. The van der Waals surface area contributed by atoms with Crippen molar-refractivity contribution in [2.75, 3.05) is 6.61 Å². The van der Waals surface area contributed by atoms with Crippen LogP contribution in [-0.4, -0.2) is 23.8 Å². The van der Waals surface area contributed by atoms with Gasteiger partial charge in [0.25, 0.3) is 0 Å². The zero-order chi connectivity index (χ0) is 13.4. The lowest BCUT2D eigenvalue weighted by atomic mass is 10.1. The highest BCUT2D eigenvalue weighted by molar-refractivity contribution is 5.87. The predicted octanol–water partition coefficient (Wildman–Crippen LogP) is 2.49. The Hall–Kier alpha value is -1.61. The lowest BCUT2D eigenvalue weighted by molar-refractivity contribution is -0.138. The molecule has 0 aliphatic heterocycles. The summed E-state index contributed by atoms with van der Waals surface area (Å²) < 4.78 is 5.13. The van der Waals surface area contributed by atoms with E-state index >= 15 is 0 Å². The van der Waals surface area contributed by atoms with Crippen LogP contribution in [0.3, 0.4) is 0 Å². The van der Waals surface area contributed by atoms with E-state index in [9.17, 15) is 9.90 Å². The van der Waals surface area contributed by atoms with Gasteiger partial charge in [-0.15, -0.1) is 0 Å². The molecular weight excluding hydrogens is 228 g/mol. The molecule has 18 heavy (non-hydrogen) atoms. The maximum absolute atomic E-state index is 11.6. The normalized spacial score (nSPS) is 13.2. The van der Waals surface area contributed by atoms with Gasteiger partial charge in [0.2, 0.25) is 0 Å². The topological polar surface area (TPSA) is 46.5 Å². The van der Waals surface area contributed by atoms with Crippen molar-refractivity contribution in [3.8, 4) is 0 Å². The summed E-state index contributed by atoms with van der Waals surface area (Å²) in [5.41, 5.74) is 1.60. The Labute approximate surface area is 108 Å². The zero-order valence-electron chi connectivity index (χ0n) is 10.9. The zero-order valence-corrected chi connectivity index (χ0v) is 10.9. The highest BCUT2D eigenvalue weighted by Gasteiger charge is 2.07. The average molecular weight is 248 g/mol. The molecule has 0 saturated heterocycles. The summed E-state index contributed by atoms with van der Waals surface area (Å²) in [6, 6.07) is 9.86. The van der Waals surface area contributed by atoms with Gasteiger partial charge < -0.3 is 9.84 Å². The number of carbonyl (C=O) groups is 1. The Morgan fingerprint density at radius 2 is 2.06 bits per heavy atom. The Balaban J connectivity index is 2.35. The van der Waals surface area contributed by atoms with Gasteiger partial charge in [-0.3, -0.25) is 0 Å². The van der Waals surface area contributed by atoms with Crippen molar-refractivity contribution >= 4 is 5.97 Å². The van der Waals surface area contributed by atoms with Crippen LogP contribution < -0.4 is 0 Å². The molecule has 3 heteroatoms. The lowest BCUT2D eigenvalue weighted by Gasteiger charge is -2.07. The van der Waals surface area contributed by atoms with E-state index in [1.807, 2.05) is 37.3 Å². The fourth-order valence-corrected chi connectivity index (χ4v) is 1.49. The molecule has 0 spiro atoms. The molecule has 1 N–H and O–H groups in total. The fourth-order valence-electron chi connectivity index (χ4n) is 1.49. The first-order valence-electron chi connectivity index (χ1n) is 6.21. The van der Waals surface area contributed by atoms with Crippen LogP contribution in [0.2, 0.25) is 0 Å². The van der Waals surface area contributed by atoms with Crippen molar-refractivity contribution in [3.63, 3.8) is 0 Å². The maximum Gasteiger partial charge on any atom is 0.333 e. The summed E-state index contributed by atoms with van der Waals surface area (Å²) in [5, 5.41) is 9.40. The first kappa shape index (κ1) is 14.5. The van der Waals surface area contributed by atoms with Gasteiger partial charge in [0.05, 0.1) is 12.7 Å². The number of aliphatic hydroxyl groups is 1. The molecule has 0 aliphatic carbocycles. The third kappa shape index (κ3) is 5.15. The molecule has 0 fully saturated rings. The number of hydrogen-bond acceptors (Lipinski definition) is 3. The number of hydrogen-bond donors (Lipinski definition) is 1. The van der Waals surface area contributed by atoms with Gasteiger partial charge in [-0.25, -0.2) is 4.79 Å². The minimum atomic E-state index is -0.577. The second-order valence-corrected chi connectivity index (χ2v) is 4.20. The quantitative estimate of drug-likeness (QED) is 0.621. The molecule has 1 unspecified atom stereocenters. The molecule has 1 rings (SSSR count). The molecule has 98 valence electrons. The van der Waals surface area contributed by atoms with Gasteiger partial charge in [0, 0.05) is 12.0 Å². The highest BCUT2D eigenvalue weighted by atomic mass is 16.5. The standard InChI is InChI=1S/C15H20O3/c1-3-14(16)11-12(2)15(17)18-10-9-13-7-5-4-6-8-13/h4-8,11,14,16H,3,9-10H2,1-2H3. The summed E-state index contributed by atoms with van der Waals surface area (Å²) in [7, 11) is 0. The second-order valence-electron chi connectivity index (χ2n) is 4.20. The van der Waals surface area contributed by atoms with E-state index in [0.717, 1.165) is 5.56 Å². The minimum Gasteiger partial charge on any atom is -0.462 e. The summed E-state index contributed by atoms with van der Waals surface area (Å²) in [6.07, 6.45) is 2.25. The van der Waals surface area contributed by atoms with Crippen LogP contribution >= 0.6 is 0 Å². The third-order valence-electron chi connectivity index (χ3n) is 2.65. The monoisotopic (exact) mass is 248 g/mol. The second kappa shape index (κ2) is 7.67. The molecule has 0 radical (unpaired) electrons. The van der Waals surface area contributed by atoms with Crippen LogP contribution in [0.25, 0.3) is 0 Å². The third-order valence-corrected chi connectivity index (χ3v) is 2.65. The van der Waals surface area contributed by atoms with Gasteiger partial charge in [-0.2, -0.15) is 0 Å². The van der Waals surface area contributed by atoms with E-state index in [2.05, 4.69) is 0 Å². The largest absolute Gasteiger partial charge is 0.462 e. The summed E-state index contributed by atoms with van der Waals surface area (Å²) in [4.78, 5) is 11.6.